The van der Waals surface area contributed by atoms with Gasteiger partial charge in [-0.3, -0.25) is 14.5 Å². The molecule has 38 heavy (non-hydrogen) atoms. The number of amides is 1. The van der Waals surface area contributed by atoms with Crippen molar-refractivity contribution in [3.05, 3.63) is 45.1 Å². The molecule has 0 aromatic carbocycles. The normalized spacial score (nSPS) is 19.7. The van der Waals surface area contributed by atoms with Crippen LogP contribution in [0.1, 0.15) is 48.7 Å². The molecular formula is C23H27F6N7O2. The third kappa shape index (κ3) is 5.47. The van der Waals surface area contributed by atoms with Gasteiger partial charge in [-0.15, -0.1) is 0 Å². The average Bonchev–Trinajstić information content (AvgIpc) is 3.10. The van der Waals surface area contributed by atoms with Crippen LogP contribution in [0, 0.1) is 5.41 Å². The Kier molecular flexibility index (Phi) is 7.18. The second-order valence-corrected chi connectivity index (χ2v) is 10.2. The number of alkyl halides is 6. The van der Waals surface area contributed by atoms with E-state index in [0.717, 1.165) is 12.4 Å². The lowest BCUT2D eigenvalue weighted by Gasteiger charge is -2.37. The molecular weight excluding hydrogens is 520 g/mol. The minimum atomic E-state index is -4.81. The van der Waals surface area contributed by atoms with E-state index in [1.807, 2.05) is 5.10 Å². The van der Waals surface area contributed by atoms with Gasteiger partial charge in [-0.25, -0.2) is 15.1 Å². The number of aromatic nitrogens is 4. The zero-order chi connectivity index (χ0) is 28.0. The van der Waals surface area contributed by atoms with Crippen molar-refractivity contribution in [2.75, 3.05) is 44.7 Å². The first kappa shape index (κ1) is 27.8. The molecule has 1 atom stereocenters. The summed E-state index contributed by atoms with van der Waals surface area (Å²) in [5, 5.41) is 5.93. The first-order valence-corrected chi connectivity index (χ1v) is 11.9. The Morgan fingerprint density at radius 3 is 2.24 bits per heavy atom. The molecule has 15 heteroatoms. The van der Waals surface area contributed by atoms with Gasteiger partial charge in [0.15, 0.2) is 0 Å². The first-order valence-electron chi connectivity index (χ1n) is 11.9. The fourth-order valence-electron chi connectivity index (χ4n) is 5.28. The van der Waals surface area contributed by atoms with Crippen molar-refractivity contribution in [3.63, 3.8) is 0 Å². The monoisotopic (exact) mass is 547 g/mol. The van der Waals surface area contributed by atoms with Crippen LogP contribution >= 0.6 is 0 Å². The highest BCUT2D eigenvalue weighted by Crippen LogP contribution is 2.49. The number of nitrogens with one attached hydrogen (secondary N) is 1. The predicted molar refractivity (Wildman–Crippen MR) is 123 cm³/mol. The lowest BCUT2D eigenvalue weighted by molar-refractivity contribution is -0.139. The Morgan fingerprint density at radius 1 is 1.08 bits per heavy atom. The lowest BCUT2D eigenvalue weighted by atomic mass is 9.85. The summed E-state index contributed by atoms with van der Waals surface area (Å²) in [5.74, 6) is -0.0120. The van der Waals surface area contributed by atoms with Gasteiger partial charge in [0.2, 0.25) is 11.9 Å². The van der Waals surface area contributed by atoms with Gasteiger partial charge in [0.25, 0.3) is 5.56 Å². The molecule has 3 heterocycles. The van der Waals surface area contributed by atoms with E-state index < -0.39 is 40.5 Å². The minimum Gasteiger partial charge on any atom is -0.339 e. The standard InChI is InChI=1S/C23H27F6N7O2/c1-21(2)10-14-16(23(27,28)29)19(38)33-32-17(14)18(21)34(3)5-4-15(37)35-6-8-36(9-7-35)20-30-11-13(12-31-20)22(24,25)26/h11-12,18H,4-10H2,1-3H3,(H,33,38)/t18-/m0/s1. The fourth-order valence-corrected chi connectivity index (χ4v) is 5.28. The number of piperazine rings is 1. The molecule has 1 aliphatic heterocycles. The molecule has 1 aliphatic carbocycles. The number of rotatable bonds is 5. The van der Waals surface area contributed by atoms with Crippen molar-refractivity contribution in [1.29, 1.82) is 0 Å². The van der Waals surface area contributed by atoms with Gasteiger partial charge >= 0.3 is 12.4 Å². The Hall–Kier alpha value is -3.23. The maximum absolute atomic E-state index is 13.6. The highest BCUT2D eigenvalue weighted by Gasteiger charge is 2.49. The molecule has 0 spiro atoms. The molecule has 2 aliphatic rings. The number of hydrogen-bond donors (Lipinski definition) is 1. The third-order valence-corrected chi connectivity index (χ3v) is 7.03. The van der Waals surface area contributed by atoms with E-state index in [4.69, 9.17) is 0 Å². The molecule has 4 rings (SSSR count). The van der Waals surface area contributed by atoms with Gasteiger partial charge < -0.3 is 9.80 Å². The maximum Gasteiger partial charge on any atom is 0.422 e. The van der Waals surface area contributed by atoms with Crippen LogP contribution in [0.4, 0.5) is 32.3 Å². The third-order valence-electron chi connectivity index (χ3n) is 7.03. The summed E-state index contributed by atoms with van der Waals surface area (Å²) in [4.78, 5) is 37.5. The number of halogens is 6. The minimum absolute atomic E-state index is 0.0189. The SMILES string of the molecule is CN(CCC(=O)N1CCN(c2ncc(C(F)(F)F)cn2)CC1)[C@H]1c2n[nH]c(=O)c(C(F)(F)F)c2CC1(C)C. The van der Waals surface area contributed by atoms with Gasteiger partial charge in [0, 0.05) is 51.5 Å². The zero-order valence-electron chi connectivity index (χ0n) is 20.9. The molecule has 2 aromatic heterocycles. The van der Waals surface area contributed by atoms with Gasteiger partial charge in [0.05, 0.1) is 17.3 Å². The molecule has 1 saturated heterocycles. The van der Waals surface area contributed by atoms with Crippen molar-refractivity contribution in [3.8, 4) is 0 Å². The quantitative estimate of drug-likeness (QED) is 0.575. The van der Waals surface area contributed by atoms with Gasteiger partial charge in [-0.2, -0.15) is 31.4 Å². The van der Waals surface area contributed by atoms with Crippen LogP contribution in [0.2, 0.25) is 0 Å². The van der Waals surface area contributed by atoms with Gasteiger partial charge in [-0.1, -0.05) is 13.8 Å². The van der Waals surface area contributed by atoms with Crippen LogP contribution in [0.25, 0.3) is 0 Å². The molecule has 9 nitrogen and oxygen atoms in total. The average molecular weight is 548 g/mol. The smallest absolute Gasteiger partial charge is 0.339 e. The van der Waals surface area contributed by atoms with E-state index in [1.165, 1.54) is 0 Å². The highest BCUT2D eigenvalue weighted by molar-refractivity contribution is 5.76. The summed E-state index contributed by atoms with van der Waals surface area (Å²) >= 11 is 0. The topological polar surface area (TPSA) is 98.3 Å². The van der Waals surface area contributed by atoms with E-state index >= 15 is 0 Å². The summed E-state index contributed by atoms with van der Waals surface area (Å²) in [6.07, 6.45) is -7.77. The first-order chi connectivity index (χ1) is 17.6. The predicted octanol–water partition coefficient (Wildman–Crippen LogP) is 2.89. The summed E-state index contributed by atoms with van der Waals surface area (Å²) in [7, 11) is 1.70. The molecule has 2 aromatic rings. The largest absolute Gasteiger partial charge is 0.422 e. The molecule has 1 amide bonds. The Balaban J connectivity index is 1.36. The van der Waals surface area contributed by atoms with Crippen molar-refractivity contribution in [2.45, 2.75) is 45.1 Å². The molecule has 0 radical (unpaired) electrons. The van der Waals surface area contributed by atoms with Crippen LogP contribution in [-0.2, 0) is 23.6 Å². The Bertz CT molecular complexity index is 1230. The van der Waals surface area contributed by atoms with E-state index in [0.29, 0.717) is 26.2 Å². The number of carbonyl (C=O) groups excluding carboxylic acids is 1. The van der Waals surface area contributed by atoms with Crippen molar-refractivity contribution >= 4 is 11.9 Å². The van der Waals surface area contributed by atoms with Crippen molar-refractivity contribution in [2.24, 2.45) is 5.41 Å². The number of anilines is 1. The number of carbonyl (C=O) groups is 1. The van der Waals surface area contributed by atoms with Gasteiger partial charge in [-0.05, 0) is 24.4 Å². The molecule has 1 N–H and O–H groups in total. The van der Waals surface area contributed by atoms with Crippen LogP contribution in [0.3, 0.4) is 0 Å². The van der Waals surface area contributed by atoms with Crippen LogP contribution in [0.15, 0.2) is 17.2 Å². The summed E-state index contributed by atoms with van der Waals surface area (Å²) in [5.41, 5.74) is -4.06. The Labute approximate surface area is 213 Å². The van der Waals surface area contributed by atoms with E-state index in [9.17, 15) is 35.9 Å². The fraction of sp³-hybridized carbons (Fsp3) is 0.609. The second-order valence-electron chi connectivity index (χ2n) is 10.2. The molecule has 1 fully saturated rings. The van der Waals surface area contributed by atoms with Gasteiger partial charge in [0.1, 0.15) is 5.56 Å². The number of aromatic amines is 1. The van der Waals surface area contributed by atoms with E-state index in [-0.39, 0.29) is 42.5 Å². The summed E-state index contributed by atoms with van der Waals surface area (Å²) in [6.45, 7) is 5.16. The highest BCUT2D eigenvalue weighted by atomic mass is 19.4. The zero-order valence-corrected chi connectivity index (χ0v) is 20.9. The number of hydrogen-bond acceptors (Lipinski definition) is 7. The van der Waals surface area contributed by atoms with Crippen LogP contribution in [-0.4, -0.2) is 75.6 Å². The summed E-state index contributed by atoms with van der Waals surface area (Å²) in [6, 6.07) is -0.545. The van der Waals surface area contributed by atoms with E-state index in [2.05, 4.69) is 15.1 Å². The summed E-state index contributed by atoms with van der Waals surface area (Å²) < 4.78 is 78.9. The second kappa shape index (κ2) is 9.82. The molecule has 0 unspecified atom stereocenters. The Morgan fingerprint density at radius 2 is 1.68 bits per heavy atom. The maximum atomic E-state index is 13.6. The van der Waals surface area contributed by atoms with E-state index in [1.54, 1.807) is 35.6 Å². The number of nitrogens with zero attached hydrogens (tertiary/aromatic N) is 6. The molecule has 0 saturated carbocycles. The lowest BCUT2D eigenvalue weighted by Crippen LogP contribution is -2.49. The van der Waals surface area contributed by atoms with Crippen LogP contribution in [0.5, 0.6) is 0 Å². The molecule has 0 bridgehead atoms. The van der Waals surface area contributed by atoms with Crippen molar-refractivity contribution in [1.82, 2.24) is 30.0 Å². The number of fused-ring (bicyclic) bond motifs is 1. The number of H-pyrrole nitrogens is 1. The molecule has 208 valence electrons. The van der Waals surface area contributed by atoms with Crippen molar-refractivity contribution < 1.29 is 31.1 Å². The van der Waals surface area contributed by atoms with Crippen LogP contribution < -0.4 is 10.5 Å².